The zero-order valence-electron chi connectivity index (χ0n) is 19.3. The Morgan fingerprint density at radius 2 is 1.60 bits per heavy atom. The van der Waals surface area contributed by atoms with E-state index in [4.69, 9.17) is 11.6 Å². The van der Waals surface area contributed by atoms with E-state index >= 15 is 0 Å². The Morgan fingerprint density at radius 3 is 2.15 bits per heavy atom. The van der Waals surface area contributed by atoms with Crippen LogP contribution in [0.4, 0.5) is 43.9 Å². The van der Waals surface area contributed by atoms with Crippen LogP contribution in [-0.4, -0.2) is 40.4 Å². The minimum absolute atomic E-state index is 0.0000896. The van der Waals surface area contributed by atoms with Crippen molar-refractivity contribution in [3.63, 3.8) is 0 Å². The lowest BCUT2D eigenvalue weighted by molar-refractivity contribution is -0.348. The van der Waals surface area contributed by atoms with Gasteiger partial charge >= 0.3 is 24.4 Å². The summed E-state index contributed by atoms with van der Waals surface area (Å²) in [6, 6.07) is 3.85. The van der Waals surface area contributed by atoms with Crippen LogP contribution in [-0.2, 0) is 5.67 Å². The first-order valence-corrected chi connectivity index (χ1v) is 12.1. The molecule has 3 aromatic rings. The van der Waals surface area contributed by atoms with Gasteiger partial charge in [-0.25, -0.2) is 9.07 Å². The zero-order chi connectivity index (χ0) is 29.8. The maximum Gasteiger partial charge on any atom is 0.573 e. The van der Waals surface area contributed by atoms with Gasteiger partial charge in [0, 0.05) is 27.8 Å². The van der Waals surface area contributed by atoms with Crippen LogP contribution in [0.25, 0.3) is 16.8 Å². The molecule has 2 aromatic carbocycles. The second kappa shape index (κ2) is 10.1. The monoisotopic (exact) mass is 667 g/mol. The van der Waals surface area contributed by atoms with Gasteiger partial charge in [-0.3, -0.25) is 4.79 Å². The third-order valence-electron chi connectivity index (χ3n) is 5.70. The van der Waals surface area contributed by atoms with Crippen LogP contribution >= 0.6 is 27.5 Å². The molecule has 0 saturated heterocycles. The molecule has 0 radical (unpaired) electrons. The summed E-state index contributed by atoms with van der Waals surface area (Å²) in [4.78, 5) is 12.5. The number of benzene rings is 2. The number of alkyl halides is 10. The van der Waals surface area contributed by atoms with Gasteiger partial charge in [0.1, 0.15) is 5.69 Å². The summed E-state index contributed by atoms with van der Waals surface area (Å²) < 4.78 is 137. The number of carbonyl (C=O) groups excluding carboxylic acids is 1. The predicted molar refractivity (Wildman–Crippen MR) is 124 cm³/mol. The summed E-state index contributed by atoms with van der Waals surface area (Å²) in [5, 5.41) is 6.65. The molecule has 1 saturated carbocycles. The van der Waals surface area contributed by atoms with Crippen molar-refractivity contribution in [1.82, 2.24) is 15.1 Å². The van der Waals surface area contributed by atoms with Crippen molar-refractivity contribution in [3.05, 3.63) is 63.3 Å². The molecule has 17 heteroatoms. The van der Waals surface area contributed by atoms with Crippen molar-refractivity contribution >= 4 is 33.4 Å². The van der Waals surface area contributed by atoms with Gasteiger partial charge in [-0.2, -0.15) is 31.4 Å². The Hall–Kier alpha value is -3.01. The first kappa shape index (κ1) is 30.0. The maximum atomic E-state index is 14.6. The van der Waals surface area contributed by atoms with Gasteiger partial charge in [-0.15, -0.1) is 13.2 Å². The first-order chi connectivity index (χ1) is 18.3. The molecule has 0 atom stereocenters. The average Bonchev–Trinajstić information content (AvgIpc) is 3.48. The van der Waals surface area contributed by atoms with Crippen molar-refractivity contribution in [2.75, 3.05) is 0 Å². The van der Waals surface area contributed by atoms with E-state index in [1.54, 1.807) is 0 Å². The number of nitrogens with one attached hydrogen (secondary N) is 1. The highest BCUT2D eigenvalue weighted by molar-refractivity contribution is 9.10. The Morgan fingerprint density at radius 1 is 0.975 bits per heavy atom. The number of rotatable bonds is 6. The lowest BCUT2D eigenvalue weighted by atomic mass is 9.93. The van der Waals surface area contributed by atoms with E-state index < -0.39 is 51.8 Å². The predicted octanol–water partition coefficient (Wildman–Crippen LogP) is 8.04. The van der Waals surface area contributed by atoms with Crippen LogP contribution in [0.2, 0.25) is 5.02 Å². The van der Waals surface area contributed by atoms with E-state index in [0.717, 1.165) is 25.2 Å². The first-order valence-electron chi connectivity index (χ1n) is 10.9. The third kappa shape index (κ3) is 5.87. The van der Waals surface area contributed by atoms with Crippen molar-refractivity contribution in [2.24, 2.45) is 0 Å². The summed E-state index contributed by atoms with van der Waals surface area (Å²) >= 11 is 8.72. The summed E-state index contributed by atoms with van der Waals surface area (Å²) in [6.45, 7) is 0. The Kier molecular flexibility index (Phi) is 7.58. The minimum atomic E-state index is -6.58. The number of aromatic nitrogens is 2. The van der Waals surface area contributed by atoms with Crippen molar-refractivity contribution in [2.45, 2.75) is 43.3 Å². The van der Waals surface area contributed by atoms with Crippen LogP contribution < -0.4 is 10.1 Å². The molecule has 1 fully saturated rings. The van der Waals surface area contributed by atoms with Crippen molar-refractivity contribution in [1.29, 1.82) is 0 Å². The maximum absolute atomic E-state index is 14.6. The van der Waals surface area contributed by atoms with E-state index in [9.17, 15) is 48.7 Å². The highest BCUT2D eigenvalue weighted by Crippen LogP contribution is 2.55. The van der Waals surface area contributed by atoms with Crippen molar-refractivity contribution < 1.29 is 53.4 Å². The van der Waals surface area contributed by atoms with Gasteiger partial charge in [-0.1, -0.05) is 17.7 Å². The molecule has 0 aliphatic heterocycles. The van der Waals surface area contributed by atoms with E-state index in [2.05, 4.69) is 31.1 Å². The lowest BCUT2D eigenvalue weighted by Gasteiger charge is -2.31. The molecule has 1 aliphatic rings. The normalized spacial score (nSPS) is 14.8. The molecule has 40 heavy (non-hydrogen) atoms. The van der Waals surface area contributed by atoms with Crippen LogP contribution in [0.15, 0.2) is 47.2 Å². The van der Waals surface area contributed by atoms with Crippen LogP contribution in [0.5, 0.6) is 5.75 Å². The summed E-state index contributed by atoms with van der Waals surface area (Å²) in [6.07, 6.45) is -15.0. The number of hydrogen-bond donors (Lipinski definition) is 1. The molecule has 1 amide bonds. The largest absolute Gasteiger partial charge is 0.573 e. The SMILES string of the molecule is O=C(NC1CC1)c1cc(-c2cnn(-c3c(Br)cc(C(F)(C(F)(F)F)C(F)(F)F)cc3OC(F)(F)F)c2)ccc1Cl. The van der Waals surface area contributed by atoms with E-state index in [-0.39, 0.29) is 34.3 Å². The van der Waals surface area contributed by atoms with Crippen molar-refractivity contribution in [3.8, 4) is 22.6 Å². The van der Waals surface area contributed by atoms with Crippen LogP contribution in [0.1, 0.15) is 28.8 Å². The fourth-order valence-electron chi connectivity index (χ4n) is 3.65. The number of nitrogens with zero attached hydrogens (tertiary/aromatic N) is 2. The summed E-state index contributed by atoms with van der Waals surface area (Å²) in [7, 11) is 0. The van der Waals surface area contributed by atoms with E-state index in [1.807, 2.05) is 0 Å². The second-order valence-corrected chi connectivity index (χ2v) is 9.88. The molecule has 0 spiro atoms. The highest BCUT2D eigenvalue weighted by atomic mass is 79.9. The molecule has 4 rings (SSSR count). The standard InChI is InChI=1S/C23H13BrClF10N3O2/c24-15-6-12(20(26,21(27,28)29)22(30,31)32)7-17(40-23(33,34)35)18(15)38-9-11(8-36-38)10-1-4-16(25)14(5-10)19(39)37-13-2-3-13/h1,4-9,13H,2-3H2,(H,37,39). The Labute approximate surface area is 231 Å². The third-order valence-corrected chi connectivity index (χ3v) is 6.64. The van der Waals surface area contributed by atoms with E-state index in [1.165, 1.54) is 18.2 Å². The number of halogens is 12. The van der Waals surface area contributed by atoms with Gasteiger partial charge in [0.15, 0.2) is 5.75 Å². The molecule has 0 unspecified atom stereocenters. The molecular formula is C23H13BrClF10N3O2. The smallest absolute Gasteiger partial charge is 0.403 e. The Bertz CT molecular complexity index is 1430. The summed E-state index contributed by atoms with van der Waals surface area (Å²) in [5.41, 5.74) is -8.50. The average molecular weight is 669 g/mol. The molecule has 1 aromatic heterocycles. The number of hydrogen-bond acceptors (Lipinski definition) is 3. The van der Waals surface area contributed by atoms with Gasteiger partial charge in [0.2, 0.25) is 0 Å². The van der Waals surface area contributed by atoms with Gasteiger partial charge in [-0.05, 0) is 58.6 Å². The molecule has 1 heterocycles. The topological polar surface area (TPSA) is 56.2 Å². The number of carbonyl (C=O) groups is 1. The minimum Gasteiger partial charge on any atom is -0.403 e. The Balaban J connectivity index is 1.81. The number of ether oxygens (including phenoxy) is 1. The molecule has 0 bridgehead atoms. The molecule has 1 aliphatic carbocycles. The van der Waals surface area contributed by atoms with Gasteiger partial charge < -0.3 is 10.1 Å². The van der Waals surface area contributed by atoms with Crippen LogP contribution in [0.3, 0.4) is 0 Å². The molecule has 5 nitrogen and oxygen atoms in total. The molecule has 1 N–H and O–H groups in total. The number of amides is 1. The van der Waals surface area contributed by atoms with Gasteiger partial charge in [0.25, 0.3) is 5.91 Å². The second-order valence-electron chi connectivity index (χ2n) is 8.62. The fourth-order valence-corrected chi connectivity index (χ4v) is 4.48. The fraction of sp³-hybridized carbons (Fsp3) is 0.304. The lowest BCUT2D eigenvalue weighted by Crippen LogP contribution is -2.50. The van der Waals surface area contributed by atoms with Crippen LogP contribution in [0, 0.1) is 0 Å². The highest BCUT2D eigenvalue weighted by Gasteiger charge is 2.73. The van der Waals surface area contributed by atoms with E-state index in [0.29, 0.717) is 10.2 Å². The molecular weight excluding hydrogens is 656 g/mol. The summed E-state index contributed by atoms with van der Waals surface area (Å²) in [5.74, 6) is -2.09. The zero-order valence-corrected chi connectivity index (χ0v) is 21.6. The quantitative estimate of drug-likeness (QED) is 0.271. The molecule has 216 valence electrons. The van der Waals surface area contributed by atoms with Gasteiger partial charge in [0.05, 0.1) is 16.8 Å².